The van der Waals surface area contributed by atoms with E-state index < -0.39 is 0 Å². The first-order valence-corrected chi connectivity index (χ1v) is 6.76. The summed E-state index contributed by atoms with van der Waals surface area (Å²) in [6, 6.07) is 19.7. The molecule has 0 amide bonds. The molecule has 0 unspecified atom stereocenters. The number of nitrogens with one attached hydrogen (secondary N) is 1. The second kappa shape index (κ2) is 5.66. The van der Waals surface area contributed by atoms with Crippen molar-refractivity contribution in [3.05, 3.63) is 72.0 Å². The lowest BCUT2D eigenvalue weighted by Crippen LogP contribution is -2.16. The van der Waals surface area contributed by atoms with Crippen molar-refractivity contribution in [2.45, 2.75) is 0 Å². The Morgan fingerprint density at radius 3 is 2.27 bits per heavy atom. The first-order chi connectivity index (χ1) is 10.7. The number of pyridine rings is 1. The zero-order chi connectivity index (χ0) is 15.5. The molecule has 0 aliphatic rings. The predicted octanol–water partition coefficient (Wildman–Crippen LogP) is 3.43. The van der Waals surface area contributed by atoms with Gasteiger partial charge in [0.15, 0.2) is 0 Å². The first kappa shape index (κ1) is 13.8. The standard InChI is InChI=1S/C18H12FN3/c19-14-8-6-12(7-9-14)15-10-17(13-4-2-1-3-5-13)22-18(21)16(15)11-20/h1-10H,(H2,21,22)/p+1. The number of nitrogen functional groups attached to an aromatic ring is 1. The van der Waals surface area contributed by atoms with Crippen LogP contribution >= 0.6 is 0 Å². The van der Waals surface area contributed by atoms with E-state index >= 15 is 0 Å². The Kier molecular flexibility index (Phi) is 3.55. The van der Waals surface area contributed by atoms with E-state index in [2.05, 4.69) is 11.1 Å². The number of rotatable bonds is 2. The molecule has 0 radical (unpaired) electrons. The summed E-state index contributed by atoms with van der Waals surface area (Å²) in [5.41, 5.74) is 9.53. The number of aromatic amines is 1. The van der Waals surface area contributed by atoms with Gasteiger partial charge in [-0.1, -0.05) is 42.5 Å². The lowest BCUT2D eigenvalue weighted by atomic mass is 9.98. The SMILES string of the molecule is N#Cc1c(-c2ccc(F)cc2)cc(-c2ccccc2)[nH+]c1N. The highest BCUT2D eigenvalue weighted by molar-refractivity contribution is 5.77. The Balaban J connectivity index is 2.22. The van der Waals surface area contributed by atoms with E-state index in [0.717, 1.165) is 16.8 Å². The van der Waals surface area contributed by atoms with E-state index in [9.17, 15) is 9.65 Å². The summed E-state index contributed by atoms with van der Waals surface area (Å²) in [5.74, 6) is -0.0239. The molecule has 1 aromatic heterocycles. The van der Waals surface area contributed by atoms with E-state index in [4.69, 9.17) is 5.73 Å². The molecule has 22 heavy (non-hydrogen) atoms. The van der Waals surface area contributed by atoms with Gasteiger partial charge in [-0.25, -0.2) is 9.37 Å². The second-order valence-corrected chi connectivity index (χ2v) is 4.87. The van der Waals surface area contributed by atoms with Crippen LogP contribution in [0.15, 0.2) is 60.7 Å². The van der Waals surface area contributed by atoms with Gasteiger partial charge >= 0.3 is 0 Å². The summed E-state index contributed by atoms with van der Waals surface area (Å²) in [4.78, 5) is 3.05. The molecule has 3 aromatic rings. The number of H-pyrrole nitrogens is 1. The van der Waals surface area contributed by atoms with E-state index in [-0.39, 0.29) is 5.82 Å². The van der Waals surface area contributed by atoms with Gasteiger partial charge in [-0.2, -0.15) is 5.26 Å². The molecule has 0 bridgehead atoms. The minimum atomic E-state index is -0.319. The van der Waals surface area contributed by atoms with Crippen LogP contribution in [0.1, 0.15) is 5.56 Å². The van der Waals surface area contributed by atoms with Crippen LogP contribution in [-0.4, -0.2) is 0 Å². The van der Waals surface area contributed by atoms with Crippen molar-refractivity contribution in [2.24, 2.45) is 0 Å². The molecule has 0 aliphatic heterocycles. The summed E-state index contributed by atoms with van der Waals surface area (Å²) in [7, 11) is 0. The number of nitriles is 1. The maximum atomic E-state index is 13.1. The molecule has 0 saturated carbocycles. The van der Waals surface area contributed by atoms with Gasteiger partial charge in [0, 0.05) is 11.1 Å². The summed E-state index contributed by atoms with van der Waals surface area (Å²) in [5, 5.41) is 9.35. The number of anilines is 1. The Hall–Kier alpha value is -3.19. The first-order valence-electron chi connectivity index (χ1n) is 6.76. The van der Waals surface area contributed by atoms with Gasteiger partial charge in [-0.05, 0) is 23.8 Å². The van der Waals surface area contributed by atoms with Gasteiger partial charge in [0.25, 0.3) is 5.82 Å². The van der Waals surface area contributed by atoms with E-state index in [1.165, 1.54) is 12.1 Å². The molecule has 2 aromatic carbocycles. The molecule has 0 fully saturated rings. The second-order valence-electron chi connectivity index (χ2n) is 4.87. The minimum Gasteiger partial charge on any atom is -0.286 e. The maximum absolute atomic E-state index is 13.1. The number of benzene rings is 2. The summed E-state index contributed by atoms with van der Waals surface area (Å²) >= 11 is 0. The smallest absolute Gasteiger partial charge is 0.286 e. The third-order valence-electron chi connectivity index (χ3n) is 3.45. The van der Waals surface area contributed by atoms with Crippen molar-refractivity contribution < 1.29 is 9.37 Å². The van der Waals surface area contributed by atoms with Crippen molar-refractivity contribution >= 4 is 5.82 Å². The molecular formula is C18H13FN3+. The van der Waals surface area contributed by atoms with Crippen LogP contribution in [0, 0.1) is 17.1 Å². The lowest BCUT2D eigenvalue weighted by molar-refractivity contribution is -0.346. The Morgan fingerprint density at radius 1 is 0.955 bits per heavy atom. The normalized spacial score (nSPS) is 10.2. The molecule has 3 nitrogen and oxygen atoms in total. The van der Waals surface area contributed by atoms with Crippen LogP contribution in [-0.2, 0) is 0 Å². The third-order valence-corrected chi connectivity index (χ3v) is 3.45. The van der Waals surface area contributed by atoms with E-state index in [1.807, 2.05) is 36.4 Å². The molecule has 0 aliphatic carbocycles. The van der Waals surface area contributed by atoms with Gasteiger partial charge in [-0.15, -0.1) is 0 Å². The average molecular weight is 290 g/mol. The molecule has 1 heterocycles. The fourth-order valence-corrected chi connectivity index (χ4v) is 2.36. The molecule has 4 heteroatoms. The van der Waals surface area contributed by atoms with Gasteiger partial charge in [0.2, 0.25) is 0 Å². The van der Waals surface area contributed by atoms with Crippen LogP contribution < -0.4 is 10.7 Å². The quantitative estimate of drug-likeness (QED) is 0.786. The largest absolute Gasteiger partial charge is 0.289 e. The Morgan fingerprint density at radius 2 is 1.64 bits per heavy atom. The lowest BCUT2D eigenvalue weighted by Gasteiger charge is -2.07. The van der Waals surface area contributed by atoms with Crippen molar-refractivity contribution in [1.29, 1.82) is 5.26 Å². The molecule has 106 valence electrons. The molecule has 0 saturated heterocycles. The number of aromatic nitrogens is 1. The van der Waals surface area contributed by atoms with Crippen molar-refractivity contribution in [3.8, 4) is 28.5 Å². The van der Waals surface area contributed by atoms with Gasteiger partial charge < -0.3 is 0 Å². The molecular weight excluding hydrogens is 277 g/mol. The summed E-state index contributed by atoms with van der Waals surface area (Å²) in [6.07, 6.45) is 0. The molecule has 3 rings (SSSR count). The Labute approximate surface area is 127 Å². The maximum Gasteiger partial charge on any atom is 0.289 e. The van der Waals surface area contributed by atoms with Gasteiger partial charge in [0.1, 0.15) is 23.1 Å². The van der Waals surface area contributed by atoms with Gasteiger partial charge in [-0.3, -0.25) is 5.73 Å². The van der Waals surface area contributed by atoms with Crippen molar-refractivity contribution in [2.75, 3.05) is 5.73 Å². The summed E-state index contributed by atoms with van der Waals surface area (Å²) < 4.78 is 13.1. The minimum absolute atomic E-state index is 0.295. The molecule has 3 N–H and O–H groups in total. The van der Waals surface area contributed by atoms with Crippen LogP contribution in [0.25, 0.3) is 22.4 Å². The van der Waals surface area contributed by atoms with Crippen LogP contribution in [0.2, 0.25) is 0 Å². The zero-order valence-electron chi connectivity index (χ0n) is 11.7. The fraction of sp³-hybridized carbons (Fsp3) is 0. The number of hydrogen-bond donors (Lipinski definition) is 1. The van der Waals surface area contributed by atoms with Crippen molar-refractivity contribution in [1.82, 2.24) is 0 Å². The van der Waals surface area contributed by atoms with E-state index in [1.54, 1.807) is 12.1 Å². The number of halogens is 1. The highest BCUT2D eigenvalue weighted by Gasteiger charge is 2.17. The molecule has 0 atom stereocenters. The number of nitrogens with zero attached hydrogens (tertiary/aromatic N) is 1. The molecule has 0 spiro atoms. The number of hydrogen-bond acceptors (Lipinski definition) is 2. The number of nitrogens with two attached hydrogens (primary N) is 1. The highest BCUT2D eigenvalue weighted by atomic mass is 19.1. The third kappa shape index (κ3) is 2.52. The monoisotopic (exact) mass is 290 g/mol. The van der Waals surface area contributed by atoms with Crippen molar-refractivity contribution in [3.63, 3.8) is 0 Å². The topological polar surface area (TPSA) is 64.0 Å². The zero-order valence-corrected chi connectivity index (χ0v) is 11.7. The average Bonchev–Trinajstić information content (AvgIpc) is 2.55. The fourth-order valence-electron chi connectivity index (χ4n) is 2.36. The van der Waals surface area contributed by atoms with Gasteiger partial charge in [0.05, 0.1) is 0 Å². The van der Waals surface area contributed by atoms with Crippen LogP contribution in [0.4, 0.5) is 10.2 Å². The van der Waals surface area contributed by atoms with E-state index in [0.29, 0.717) is 16.9 Å². The summed E-state index contributed by atoms with van der Waals surface area (Å²) in [6.45, 7) is 0. The predicted molar refractivity (Wildman–Crippen MR) is 83.0 cm³/mol. The Bertz CT molecular complexity index is 850. The highest BCUT2D eigenvalue weighted by Crippen LogP contribution is 2.29. The van der Waals surface area contributed by atoms with Crippen LogP contribution in [0.5, 0.6) is 0 Å². The van der Waals surface area contributed by atoms with Crippen LogP contribution in [0.3, 0.4) is 0 Å².